The Kier molecular flexibility index (Phi) is 3.18. The van der Waals surface area contributed by atoms with Gasteiger partial charge in [0.2, 0.25) is 0 Å². The highest BCUT2D eigenvalue weighted by molar-refractivity contribution is 6.30. The molecule has 11 heavy (non-hydrogen) atoms. The molecule has 0 heterocycles. The molecule has 0 atom stereocenters. The Morgan fingerprint density at radius 2 is 2.27 bits per heavy atom. The van der Waals surface area contributed by atoms with Crippen LogP contribution < -0.4 is 0 Å². The lowest BCUT2D eigenvalue weighted by molar-refractivity contribution is 1.27. The number of benzene rings is 1. The molecule has 1 aromatic rings. The molecule has 0 bridgehead atoms. The van der Waals surface area contributed by atoms with Crippen LogP contribution in [0, 0.1) is 6.92 Å². The predicted molar refractivity (Wildman–Crippen MR) is 49.7 cm³/mol. The lowest BCUT2D eigenvalue weighted by Crippen LogP contribution is -1.78. The zero-order valence-corrected chi connectivity index (χ0v) is 7.01. The van der Waals surface area contributed by atoms with Crippen LogP contribution in [0.15, 0.2) is 36.4 Å². The van der Waals surface area contributed by atoms with Gasteiger partial charge in [0.25, 0.3) is 0 Å². The highest BCUT2D eigenvalue weighted by Crippen LogP contribution is 2.10. The first-order valence-corrected chi connectivity index (χ1v) is 3.89. The van der Waals surface area contributed by atoms with Gasteiger partial charge in [0, 0.05) is 5.02 Å². The minimum Gasteiger partial charge on any atom is -0.0879 e. The zero-order chi connectivity index (χ0) is 8.10. The molecule has 0 unspecified atom stereocenters. The zero-order valence-electron chi connectivity index (χ0n) is 6.26. The van der Waals surface area contributed by atoms with Crippen LogP contribution in [0.4, 0.5) is 0 Å². The third-order valence-corrected chi connectivity index (χ3v) is 1.64. The maximum atomic E-state index is 5.78. The number of hydrogen-bond donors (Lipinski definition) is 0. The van der Waals surface area contributed by atoms with E-state index in [0.717, 1.165) is 11.4 Å². The lowest BCUT2D eigenvalue weighted by atomic mass is 10.1. The summed E-state index contributed by atoms with van der Waals surface area (Å²) < 4.78 is 0. The largest absolute Gasteiger partial charge is 0.0879 e. The lowest BCUT2D eigenvalue weighted by Gasteiger charge is -1.95. The molecule has 57 valence electrons. The predicted octanol–water partition coefficient (Wildman–Crippen LogP) is 3.27. The summed E-state index contributed by atoms with van der Waals surface area (Å²) in [7, 11) is 0. The molecule has 0 saturated carbocycles. The van der Waals surface area contributed by atoms with E-state index >= 15 is 0 Å². The second-order valence-electron chi connectivity index (χ2n) is 2.31. The maximum Gasteiger partial charge on any atom is 0.0408 e. The van der Waals surface area contributed by atoms with E-state index in [2.05, 4.69) is 6.92 Å². The third kappa shape index (κ3) is 2.77. The summed E-state index contributed by atoms with van der Waals surface area (Å²) in [6.45, 7) is 3.61. The molecule has 0 aromatic heterocycles. The molecular weight excluding hydrogens is 156 g/mol. The number of allylic oxidation sites excluding steroid dienone is 2. The van der Waals surface area contributed by atoms with Crippen molar-refractivity contribution in [3.63, 3.8) is 0 Å². The van der Waals surface area contributed by atoms with Crippen molar-refractivity contribution in [3.05, 3.63) is 53.9 Å². The molecule has 0 aliphatic carbocycles. The third-order valence-electron chi connectivity index (χ3n) is 1.41. The smallest absolute Gasteiger partial charge is 0.0408 e. The average molecular weight is 166 g/mol. The fraction of sp³-hybridized carbons (Fsp3) is 0.100. The molecule has 0 saturated heterocycles. The molecular formula is C10H10Cl. The van der Waals surface area contributed by atoms with Gasteiger partial charge in [-0.05, 0) is 31.0 Å². The highest BCUT2D eigenvalue weighted by Gasteiger charge is 1.89. The van der Waals surface area contributed by atoms with Crippen molar-refractivity contribution in [1.29, 1.82) is 0 Å². The summed E-state index contributed by atoms with van der Waals surface area (Å²) in [5.74, 6) is 0. The standard InChI is InChI=1S/C10H10Cl/c1-2-3-5-9-6-4-7-10(11)8-9/h2-4,6-8H,1,5H2/b3-2+. The first-order valence-electron chi connectivity index (χ1n) is 3.51. The van der Waals surface area contributed by atoms with Crippen LogP contribution in [0.25, 0.3) is 0 Å². The van der Waals surface area contributed by atoms with E-state index in [1.807, 2.05) is 30.3 Å². The van der Waals surface area contributed by atoms with Crippen molar-refractivity contribution in [2.24, 2.45) is 0 Å². The summed E-state index contributed by atoms with van der Waals surface area (Å²) >= 11 is 5.78. The van der Waals surface area contributed by atoms with E-state index in [1.54, 1.807) is 6.08 Å². The second kappa shape index (κ2) is 4.20. The van der Waals surface area contributed by atoms with Crippen LogP contribution in [0.3, 0.4) is 0 Å². The van der Waals surface area contributed by atoms with Crippen molar-refractivity contribution in [3.8, 4) is 0 Å². The van der Waals surface area contributed by atoms with Crippen molar-refractivity contribution >= 4 is 11.6 Å². The normalized spacial score (nSPS) is 10.7. The van der Waals surface area contributed by atoms with Gasteiger partial charge in [-0.3, -0.25) is 0 Å². The molecule has 1 radical (unpaired) electrons. The molecule has 1 rings (SSSR count). The minimum absolute atomic E-state index is 0.792. The molecule has 1 heteroatoms. The Hall–Kier alpha value is -0.750. The van der Waals surface area contributed by atoms with Crippen LogP contribution in [-0.2, 0) is 6.42 Å². The fourth-order valence-corrected chi connectivity index (χ4v) is 1.10. The van der Waals surface area contributed by atoms with Gasteiger partial charge in [-0.25, -0.2) is 0 Å². The van der Waals surface area contributed by atoms with E-state index in [4.69, 9.17) is 11.6 Å². The van der Waals surface area contributed by atoms with Gasteiger partial charge in [-0.2, -0.15) is 0 Å². The molecule has 0 nitrogen and oxygen atoms in total. The SMILES string of the molecule is [CH2]/C=C/Cc1cccc(Cl)c1. The summed E-state index contributed by atoms with van der Waals surface area (Å²) in [5.41, 5.74) is 1.22. The molecule has 0 fully saturated rings. The van der Waals surface area contributed by atoms with Crippen molar-refractivity contribution < 1.29 is 0 Å². The molecule has 0 aliphatic rings. The summed E-state index contributed by atoms with van der Waals surface area (Å²) in [5, 5.41) is 0.792. The number of rotatable bonds is 2. The van der Waals surface area contributed by atoms with Crippen molar-refractivity contribution in [2.45, 2.75) is 6.42 Å². The summed E-state index contributed by atoms with van der Waals surface area (Å²) in [6, 6.07) is 7.83. The fourth-order valence-electron chi connectivity index (χ4n) is 0.883. The topological polar surface area (TPSA) is 0 Å². The second-order valence-corrected chi connectivity index (χ2v) is 2.74. The molecule has 0 N–H and O–H groups in total. The van der Waals surface area contributed by atoms with E-state index < -0.39 is 0 Å². The van der Waals surface area contributed by atoms with Gasteiger partial charge in [0.15, 0.2) is 0 Å². The Bertz CT molecular complexity index is 251. The van der Waals surface area contributed by atoms with E-state index in [9.17, 15) is 0 Å². The Labute approximate surface area is 72.5 Å². The van der Waals surface area contributed by atoms with Gasteiger partial charge in [-0.1, -0.05) is 35.9 Å². The van der Waals surface area contributed by atoms with Crippen LogP contribution in [0.1, 0.15) is 5.56 Å². The van der Waals surface area contributed by atoms with Crippen LogP contribution >= 0.6 is 11.6 Å². The number of hydrogen-bond acceptors (Lipinski definition) is 0. The monoisotopic (exact) mass is 165 g/mol. The first-order chi connectivity index (χ1) is 5.33. The van der Waals surface area contributed by atoms with Gasteiger partial charge in [0.05, 0.1) is 0 Å². The molecule has 0 amide bonds. The van der Waals surface area contributed by atoms with E-state index in [-0.39, 0.29) is 0 Å². The van der Waals surface area contributed by atoms with Gasteiger partial charge in [-0.15, -0.1) is 0 Å². The van der Waals surface area contributed by atoms with E-state index in [0.29, 0.717) is 0 Å². The van der Waals surface area contributed by atoms with Gasteiger partial charge in [0.1, 0.15) is 0 Å². The van der Waals surface area contributed by atoms with Crippen LogP contribution in [0.5, 0.6) is 0 Å². The Balaban J connectivity index is 2.71. The van der Waals surface area contributed by atoms with E-state index in [1.165, 1.54) is 5.56 Å². The summed E-state index contributed by atoms with van der Waals surface area (Å²) in [6.07, 6.45) is 4.70. The Morgan fingerprint density at radius 1 is 1.45 bits per heavy atom. The molecule has 1 aromatic carbocycles. The molecule has 0 spiro atoms. The van der Waals surface area contributed by atoms with Crippen molar-refractivity contribution in [2.75, 3.05) is 0 Å². The van der Waals surface area contributed by atoms with Crippen LogP contribution in [-0.4, -0.2) is 0 Å². The molecule has 0 aliphatic heterocycles. The average Bonchev–Trinajstić information content (AvgIpc) is 2.01. The number of halogens is 1. The summed E-state index contributed by atoms with van der Waals surface area (Å²) in [4.78, 5) is 0. The maximum absolute atomic E-state index is 5.78. The minimum atomic E-state index is 0.792. The quantitative estimate of drug-likeness (QED) is 0.631. The highest BCUT2D eigenvalue weighted by atomic mass is 35.5. The first kappa shape index (κ1) is 8.35. The van der Waals surface area contributed by atoms with Crippen molar-refractivity contribution in [1.82, 2.24) is 0 Å². The van der Waals surface area contributed by atoms with Crippen LogP contribution in [0.2, 0.25) is 5.02 Å². The van der Waals surface area contributed by atoms with Gasteiger partial charge >= 0.3 is 0 Å². The van der Waals surface area contributed by atoms with Gasteiger partial charge < -0.3 is 0 Å². The Morgan fingerprint density at radius 3 is 2.91 bits per heavy atom.